The summed E-state index contributed by atoms with van der Waals surface area (Å²) in [5, 5.41) is 0.513. The van der Waals surface area contributed by atoms with Gasteiger partial charge in [0.25, 0.3) is 5.56 Å². The molecular formula is C24H21ClF3N5O4. The van der Waals surface area contributed by atoms with Crippen molar-refractivity contribution in [3.8, 4) is 17.5 Å². The summed E-state index contributed by atoms with van der Waals surface area (Å²) >= 11 is 5.99. The maximum absolute atomic E-state index is 13.5. The predicted molar refractivity (Wildman–Crippen MR) is 132 cm³/mol. The van der Waals surface area contributed by atoms with Crippen molar-refractivity contribution in [2.45, 2.75) is 25.9 Å². The van der Waals surface area contributed by atoms with Gasteiger partial charge in [-0.3, -0.25) is 18.5 Å². The Morgan fingerprint density at radius 2 is 1.78 bits per heavy atom. The van der Waals surface area contributed by atoms with E-state index in [9.17, 15) is 22.8 Å². The van der Waals surface area contributed by atoms with Crippen molar-refractivity contribution in [2.24, 2.45) is 12.0 Å². The Labute approximate surface area is 213 Å². The number of aromatic nitrogens is 4. The van der Waals surface area contributed by atoms with Crippen molar-refractivity contribution in [1.29, 1.82) is 0 Å². The highest BCUT2D eigenvalue weighted by Crippen LogP contribution is 2.30. The van der Waals surface area contributed by atoms with Gasteiger partial charge in [-0.15, -0.1) is 13.2 Å². The Hall–Kier alpha value is -4.06. The number of nitrogens with zero attached hydrogens (tertiary/aromatic N) is 5. The molecule has 2 aromatic heterocycles. The lowest BCUT2D eigenvalue weighted by molar-refractivity contribution is -0.274. The lowest BCUT2D eigenvalue weighted by atomic mass is 10.2. The summed E-state index contributed by atoms with van der Waals surface area (Å²) in [4.78, 5) is 34.6. The van der Waals surface area contributed by atoms with Crippen LogP contribution in [0.1, 0.15) is 12.0 Å². The van der Waals surface area contributed by atoms with Crippen molar-refractivity contribution < 1.29 is 22.6 Å². The molecule has 0 atom stereocenters. The predicted octanol–water partition coefficient (Wildman–Crippen LogP) is 4.38. The first-order valence-corrected chi connectivity index (χ1v) is 11.3. The van der Waals surface area contributed by atoms with Crippen LogP contribution in [0, 0.1) is 0 Å². The topological polar surface area (TPSA) is 92.6 Å². The minimum Gasteiger partial charge on any atom is -0.425 e. The van der Waals surface area contributed by atoms with Crippen LogP contribution in [0.4, 0.5) is 13.2 Å². The molecule has 0 aliphatic heterocycles. The van der Waals surface area contributed by atoms with Gasteiger partial charge in [0.1, 0.15) is 11.5 Å². The van der Waals surface area contributed by atoms with Crippen molar-refractivity contribution >= 4 is 29.0 Å². The molecule has 37 heavy (non-hydrogen) atoms. The Morgan fingerprint density at radius 1 is 1.08 bits per heavy atom. The number of fused-ring (bicyclic) bond motifs is 1. The smallest absolute Gasteiger partial charge is 0.425 e. The van der Waals surface area contributed by atoms with Crippen molar-refractivity contribution in [1.82, 2.24) is 18.7 Å². The maximum Gasteiger partial charge on any atom is 0.573 e. The second kappa shape index (κ2) is 10.5. The van der Waals surface area contributed by atoms with Crippen LogP contribution in [0.25, 0.3) is 11.2 Å². The molecular weight excluding hydrogens is 515 g/mol. The van der Waals surface area contributed by atoms with E-state index in [1.807, 2.05) is 0 Å². The fourth-order valence-electron chi connectivity index (χ4n) is 3.70. The number of imidazole rings is 1. The molecule has 13 heteroatoms. The second-order valence-electron chi connectivity index (χ2n) is 7.93. The van der Waals surface area contributed by atoms with Crippen LogP contribution in [0.15, 0.2) is 63.1 Å². The van der Waals surface area contributed by atoms with Gasteiger partial charge in [0.05, 0.1) is 6.54 Å². The normalized spacial score (nSPS) is 11.9. The highest BCUT2D eigenvalue weighted by molar-refractivity contribution is 6.30. The van der Waals surface area contributed by atoms with Gasteiger partial charge >= 0.3 is 18.1 Å². The van der Waals surface area contributed by atoms with Crippen LogP contribution in [0.2, 0.25) is 5.02 Å². The number of rotatable bonds is 8. The highest BCUT2D eigenvalue weighted by Gasteiger charge is 2.31. The number of ether oxygens (including phenoxy) is 2. The van der Waals surface area contributed by atoms with Crippen LogP contribution in [0.5, 0.6) is 17.5 Å². The molecule has 2 heterocycles. The fourth-order valence-corrected chi connectivity index (χ4v) is 3.83. The Balaban J connectivity index is 1.86. The van der Waals surface area contributed by atoms with Gasteiger partial charge in [0.15, 0.2) is 11.2 Å². The van der Waals surface area contributed by atoms with E-state index >= 15 is 0 Å². The zero-order valence-electron chi connectivity index (χ0n) is 19.7. The Kier molecular flexibility index (Phi) is 7.39. The standard InChI is InChI=1S/C24H21ClF3N5O4/c1-29-11-4-12-32-21(34)19-20(31(2)23(32)35)30-22(33(19)14-15-7-9-16(25)10-8-15)36-17-5-3-6-18(13-17)37-24(26,27)28/h3,5-11,13H,4,12,14H2,1-2H3. The van der Waals surface area contributed by atoms with Crippen molar-refractivity contribution in [3.63, 3.8) is 0 Å². The summed E-state index contributed by atoms with van der Waals surface area (Å²) < 4.78 is 51.6. The molecule has 4 aromatic rings. The zero-order chi connectivity index (χ0) is 26.7. The minimum atomic E-state index is -4.88. The lowest BCUT2D eigenvalue weighted by Crippen LogP contribution is -2.39. The number of alkyl halides is 3. The van der Waals surface area contributed by atoms with Gasteiger partial charge in [-0.25, -0.2) is 4.79 Å². The molecule has 0 saturated heterocycles. The molecule has 2 aromatic carbocycles. The monoisotopic (exact) mass is 535 g/mol. The molecule has 9 nitrogen and oxygen atoms in total. The third kappa shape index (κ3) is 5.85. The van der Waals surface area contributed by atoms with E-state index in [-0.39, 0.29) is 36.0 Å². The van der Waals surface area contributed by atoms with Gasteiger partial charge in [0, 0.05) is 44.4 Å². The van der Waals surface area contributed by atoms with Crippen LogP contribution in [0.3, 0.4) is 0 Å². The van der Waals surface area contributed by atoms with Crippen molar-refractivity contribution in [2.75, 3.05) is 7.05 Å². The SMILES string of the molecule is CN=CCCn1c(=O)c2c(nc(Oc3cccc(OC(F)(F)F)c3)n2Cc2ccc(Cl)cc2)n(C)c1=O. The molecule has 0 spiro atoms. The van der Waals surface area contributed by atoms with E-state index in [0.717, 1.165) is 22.3 Å². The average molecular weight is 536 g/mol. The average Bonchev–Trinajstić information content (AvgIpc) is 3.18. The molecule has 0 radical (unpaired) electrons. The fraction of sp³-hybridized carbons (Fsp3) is 0.250. The molecule has 0 bridgehead atoms. The molecule has 0 saturated carbocycles. The van der Waals surface area contributed by atoms with Gasteiger partial charge < -0.3 is 14.5 Å². The molecule has 0 N–H and O–H groups in total. The molecule has 0 amide bonds. The van der Waals surface area contributed by atoms with E-state index in [2.05, 4.69) is 14.7 Å². The third-order valence-electron chi connectivity index (χ3n) is 5.36. The van der Waals surface area contributed by atoms with E-state index in [0.29, 0.717) is 11.4 Å². The zero-order valence-corrected chi connectivity index (χ0v) is 20.5. The molecule has 4 rings (SSSR count). The van der Waals surface area contributed by atoms with Gasteiger partial charge in [-0.05, 0) is 29.8 Å². The number of aliphatic imine (C=N–C) groups is 1. The number of hydrogen-bond acceptors (Lipinski definition) is 6. The maximum atomic E-state index is 13.5. The number of hydrogen-bond donors (Lipinski definition) is 0. The van der Waals surface area contributed by atoms with Gasteiger partial charge in [0.2, 0.25) is 0 Å². The van der Waals surface area contributed by atoms with Gasteiger partial charge in [-0.2, -0.15) is 4.98 Å². The van der Waals surface area contributed by atoms with Crippen molar-refractivity contribution in [3.05, 3.63) is 80.0 Å². The van der Waals surface area contributed by atoms with Gasteiger partial charge in [-0.1, -0.05) is 29.8 Å². The van der Waals surface area contributed by atoms with Crippen LogP contribution in [-0.4, -0.2) is 38.3 Å². The first-order chi connectivity index (χ1) is 17.6. The molecule has 0 unspecified atom stereocenters. The number of aryl methyl sites for hydroxylation is 1. The molecule has 194 valence electrons. The summed E-state index contributed by atoms with van der Waals surface area (Å²) in [6, 6.07) is 11.6. The van der Waals surface area contributed by atoms with Crippen LogP contribution in [-0.2, 0) is 20.1 Å². The van der Waals surface area contributed by atoms with E-state index in [1.54, 1.807) is 37.5 Å². The van der Waals surface area contributed by atoms with E-state index in [4.69, 9.17) is 16.3 Å². The highest BCUT2D eigenvalue weighted by atomic mass is 35.5. The second-order valence-corrected chi connectivity index (χ2v) is 8.37. The first kappa shape index (κ1) is 26.0. The summed E-state index contributed by atoms with van der Waals surface area (Å²) in [5.41, 5.74) is -0.288. The number of benzene rings is 2. The quantitative estimate of drug-likeness (QED) is 0.312. The third-order valence-corrected chi connectivity index (χ3v) is 5.62. The largest absolute Gasteiger partial charge is 0.573 e. The summed E-state index contributed by atoms with van der Waals surface area (Å²) in [5.74, 6) is -0.503. The van der Waals surface area contributed by atoms with Crippen LogP contribution < -0.4 is 20.7 Å². The molecule has 0 aliphatic rings. The first-order valence-electron chi connectivity index (χ1n) is 11.0. The minimum absolute atomic E-state index is 0.0149. The molecule has 0 aliphatic carbocycles. The molecule has 0 fully saturated rings. The number of halogens is 4. The Morgan fingerprint density at radius 3 is 2.46 bits per heavy atom. The van der Waals surface area contributed by atoms with E-state index < -0.39 is 23.4 Å². The summed E-state index contributed by atoms with van der Waals surface area (Å²) in [7, 11) is 3.05. The lowest BCUT2D eigenvalue weighted by Gasteiger charge is -2.12. The summed E-state index contributed by atoms with van der Waals surface area (Å²) in [6.07, 6.45) is -2.93. The summed E-state index contributed by atoms with van der Waals surface area (Å²) in [6.45, 7) is 0.198. The van der Waals surface area contributed by atoms with E-state index in [1.165, 1.54) is 28.3 Å². The Bertz CT molecular complexity index is 1570. The van der Waals surface area contributed by atoms with Crippen LogP contribution >= 0.6 is 11.6 Å².